The number of hydrogen-bond acceptors (Lipinski definition) is 4. The smallest absolute Gasteiger partial charge is 0.153 e. The highest BCUT2D eigenvalue weighted by molar-refractivity contribution is 5.76. The van der Waals surface area contributed by atoms with Gasteiger partial charge in [-0.15, -0.1) is 0 Å². The quantitative estimate of drug-likeness (QED) is 0.665. The highest BCUT2D eigenvalue weighted by Gasteiger charge is 2.20. The van der Waals surface area contributed by atoms with Crippen LogP contribution in [0.3, 0.4) is 0 Å². The molecule has 1 aromatic heterocycles. The minimum atomic E-state index is -0.613. The molecule has 0 saturated heterocycles. The largest absolute Gasteiger partial charge is 0.483 e. The summed E-state index contributed by atoms with van der Waals surface area (Å²) in [6, 6.07) is 17.6. The Bertz CT molecular complexity index is 830. The maximum atomic E-state index is 10.4. The second-order valence-corrected chi connectivity index (χ2v) is 6.68. The van der Waals surface area contributed by atoms with Crippen molar-refractivity contribution in [3.05, 3.63) is 60.4 Å². The van der Waals surface area contributed by atoms with Crippen LogP contribution in [0.5, 0.6) is 5.75 Å². The Labute approximate surface area is 154 Å². The summed E-state index contributed by atoms with van der Waals surface area (Å²) < 4.78 is 13.6. The summed E-state index contributed by atoms with van der Waals surface area (Å²) in [5, 5.41) is 10.4. The fourth-order valence-electron chi connectivity index (χ4n) is 2.92. The van der Waals surface area contributed by atoms with Gasteiger partial charge in [0, 0.05) is 0 Å². The van der Waals surface area contributed by atoms with Gasteiger partial charge in [0.25, 0.3) is 0 Å². The number of ether oxygens (including phenoxy) is 2. The maximum Gasteiger partial charge on any atom is 0.153 e. The van der Waals surface area contributed by atoms with E-state index in [0.717, 1.165) is 22.6 Å². The van der Waals surface area contributed by atoms with Crippen molar-refractivity contribution in [3.8, 4) is 5.75 Å². The van der Waals surface area contributed by atoms with Gasteiger partial charge in [-0.25, -0.2) is 4.98 Å². The Morgan fingerprint density at radius 3 is 2.42 bits per heavy atom. The van der Waals surface area contributed by atoms with Crippen LogP contribution in [0.25, 0.3) is 11.0 Å². The second kappa shape index (κ2) is 8.34. The Morgan fingerprint density at radius 2 is 1.69 bits per heavy atom. The first kappa shape index (κ1) is 18.4. The predicted molar refractivity (Wildman–Crippen MR) is 102 cm³/mol. The molecule has 0 radical (unpaired) electrons. The highest BCUT2D eigenvalue weighted by atomic mass is 16.5. The number of hydrogen-bond donors (Lipinski definition) is 1. The molecular formula is C21H26N2O3. The highest BCUT2D eigenvalue weighted by Crippen LogP contribution is 2.25. The zero-order valence-corrected chi connectivity index (χ0v) is 15.5. The standard InChI is InChI=1S/C21H26N2O3/c1-15(2)25-14-17(24)13-23-20-12-8-7-11-19(20)22-21(23)16(3)26-18-9-5-4-6-10-18/h4-12,15-17,24H,13-14H2,1-3H3/t16-,17-/m0/s1. The molecule has 26 heavy (non-hydrogen) atoms. The molecule has 2 atom stereocenters. The minimum absolute atomic E-state index is 0.0870. The van der Waals surface area contributed by atoms with Gasteiger partial charge in [-0.1, -0.05) is 30.3 Å². The Hall–Kier alpha value is -2.37. The normalized spacial score (nSPS) is 13.9. The van der Waals surface area contributed by atoms with Gasteiger partial charge in [0.05, 0.1) is 36.4 Å². The number of benzene rings is 2. The lowest BCUT2D eigenvalue weighted by molar-refractivity contribution is -0.00107. The Kier molecular flexibility index (Phi) is 5.91. The number of aromatic nitrogens is 2. The SMILES string of the molecule is CC(C)OC[C@@H](O)Cn1c([C@H](C)Oc2ccccc2)nc2ccccc21. The van der Waals surface area contributed by atoms with Gasteiger partial charge in [0.2, 0.25) is 0 Å². The van der Waals surface area contributed by atoms with E-state index < -0.39 is 6.10 Å². The number of para-hydroxylation sites is 3. The monoisotopic (exact) mass is 354 g/mol. The summed E-state index contributed by atoms with van der Waals surface area (Å²) in [6.07, 6.45) is -0.773. The van der Waals surface area contributed by atoms with Crippen molar-refractivity contribution in [1.82, 2.24) is 9.55 Å². The van der Waals surface area contributed by atoms with Gasteiger partial charge in [0.15, 0.2) is 11.9 Å². The first-order chi connectivity index (χ1) is 12.5. The zero-order chi connectivity index (χ0) is 18.5. The second-order valence-electron chi connectivity index (χ2n) is 6.68. The molecule has 2 aromatic carbocycles. The van der Waals surface area contributed by atoms with Crippen LogP contribution in [0.1, 0.15) is 32.7 Å². The molecule has 3 rings (SSSR count). The topological polar surface area (TPSA) is 56.5 Å². The number of rotatable bonds is 8. The van der Waals surface area contributed by atoms with Crippen LogP contribution in [0.4, 0.5) is 0 Å². The van der Waals surface area contributed by atoms with E-state index in [0.29, 0.717) is 6.54 Å². The molecule has 1 heterocycles. The molecule has 5 nitrogen and oxygen atoms in total. The van der Waals surface area contributed by atoms with Crippen LogP contribution in [0.15, 0.2) is 54.6 Å². The van der Waals surface area contributed by atoms with E-state index in [9.17, 15) is 5.11 Å². The van der Waals surface area contributed by atoms with E-state index in [1.807, 2.05) is 79.9 Å². The van der Waals surface area contributed by atoms with Gasteiger partial charge in [-0.05, 0) is 45.0 Å². The third-order valence-electron chi connectivity index (χ3n) is 4.12. The fraction of sp³-hybridized carbons (Fsp3) is 0.381. The summed E-state index contributed by atoms with van der Waals surface area (Å²) in [5.41, 5.74) is 1.87. The van der Waals surface area contributed by atoms with Crippen molar-refractivity contribution in [2.24, 2.45) is 0 Å². The lowest BCUT2D eigenvalue weighted by atomic mass is 10.3. The third-order valence-corrected chi connectivity index (χ3v) is 4.12. The molecular weight excluding hydrogens is 328 g/mol. The fourth-order valence-corrected chi connectivity index (χ4v) is 2.92. The van der Waals surface area contributed by atoms with Gasteiger partial charge < -0.3 is 19.1 Å². The van der Waals surface area contributed by atoms with E-state index in [2.05, 4.69) is 0 Å². The average Bonchev–Trinajstić information content (AvgIpc) is 2.99. The molecule has 0 spiro atoms. The Morgan fingerprint density at radius 1 is 1.00 bits per heavy atom. The van der Waals surface area contributed by atoms with Crippen LogP contribution in [-0.2, 0) is 11.3 Å². The summed E-state index contributed by atoms with van der Waals surface area (Å²) in [4.78, 5) is 4.74. The maximum absolute atomic E-state index is 10.4. The summed E-state index contributed by atoms with van der Waals surface area (Å²) in [5.74, 6) is 1.58. The molecule has 1 N–H and O–H groups in total. The van der Waals surface area contributed by atoms with Crippen LogP contribution < -0.4 is 4.74 Å². The summed E-state index contributed by atoms with van der Waals surface area (Å²) in [6.45, 7) is 6.59. The molecule has 5 heteroatoms. The number of nitrogens with zero attached hydrogens (tertiary/aromatic N) is 2. The van der Waals surface area contributed by atoms with Gasteiger partial charge in [-0.3, -0.25) is 0 Å². The average molecular weight is 354 g/mol. The summed E-state index contributed by atoms with van der Waals surface area (Å²) >= 11 is 0. The molecule has 0 bridgehead atoms. The lowest BCUT2D eigenvalue weighted by Crippen LogP contribution is -2.25. The van der Waals surface area contributed by atoms with Gasteiger partial charge >= 0.3 is 0 Å². The molecule has 0 fully saturated rings. The number of aliphatic hydroxyl groups is 1. The number of imidazole rings is 1. The van der Waals surface area contributed by atoms with Crippen LogP contribution in [0.2, 0.25) is 0 Å². The van der Waals surface area contributed by atoms with Gasteiger partial charge in [0.1, 0.15) is 5.75 Å². The summed E-state index contributed by atoms with van der Waals surface area (Å²) in [7, 11) is 0. The Balaban J connectivity index is 1.86. The predicted octanol–water partition coefficient (Wildman–Crippen LogP) is 3.96. The van der Waals surface area contributed by atoms with Crippen molar-refractivity contribution >= 4 is 11.0 Å². The first-order valence-electron chi connectivity index (χ1n) is 9.01. The number of fused-ring (bicyclic) bond motifs is 1. The van der Waals surface area contributed by atoms with E-state index in [4.69, 9.17) is 14.5 Å². The molecule has 0 saturated carbocycles. The molecule has 3 aromatic rings. The molecule has 138 valence electrons. The van der Waals surface area contributed by atoms with Crippen molar-refractivity contribution in [2.45, 2.75) is 45.6 Å². The third kappa shape index (κ3) is 4.42. The van der Waals surface area contributed by atoms with E-state index in [1.54, 1.807) is 0 Å². The minimum Gasteiger partial charge on any atom is -0.483 e. The van der Waals surface area contributed by atoms with Crippen molar-refractivity contribution in [1.29, 1.82) is 0 Å². The molecule has 0 aliphatic carbocycles. The van der Waals surface area contributed by atoms with E-state index in [-0.39, 0.29) is 18.8 Å². The van der Waals surface area contributed by atoms with E-state index in [1.165, 1.54) is 0 Å². The molecule has 0 unspecified atom stereocenters. The van der Waals surface area contributed by atoms with Crippen LogP contribution >= 0.6 is 0 Å². The van der Waals surface area contributed by atoms with Crippen molar-refractivity contribution < 1.29 is 14.6 Å². The van der Waals surface area contributed by atoms with Gasteiger partial charge in [-0.2, -0.15) is 0 Å². The van der Waals surface area contributed by atoms with Crippen molar-refractivity contribution in [2.75, 3.05) is 6.61 Å². The number of aliphatic hydroxyl groups excluding tert-OH is 1. The zero-order valence-electron chi connectivity index (χ0n) is 15.5. The van der Waals surface area contributed by atoms with E-state index >= 15 is 0 Å². The first-order valence-corrected chi connectivity index (χ1v) is 9.01. The van der Waals surface area contributed by atoms with Crippen molar-refractivity contribution in [3.63, 3.8) is 0 Å². The lowest BCUT2D eigenvalue weighted by Gasteiger charge is -2.19. The van der Waals surface area contributed by atoms with Crippen LogP contribution in [-0.4, -0.2) is 33.5 Å². The van der Waals surface area contributed by atoms with Crippen LogP contribution in [0, 0.1) is 0 Å². The molecule has 0 aliphatic heterocycles. The molecule has 0 amide bonds. The molecule has 0 aliphatic rings.